The second kappa shape index (κ2) is 8.41. The van der Waals surface area contributed by atoms with Crippen LogP contribution in [0.15, 0.2) is 42.6 Å². The number of rotatable bonds is 5. The maximum Gasteiger partial charge on any atom is 0.224 e. The summed E-state index contributed by atoms with van der Waals surface area (Å²) in [5, 5.41) is 3.38. The van der Waals surface area contributed by atoms with Crippen LogP contribution in [0.1, 0.15) is 24.1 Å². The van der Waals surface area contributed by atoms with Crippen LogP contribution < -0.4 is 5.32 Å². The van der Waals surface area contributed by atoms with Crippen molar-refractivity contribution in [3.05, 3.63) is 64.7 Å². The van der Waals surface area contributed by atoms with E-state index in [0.717, 1.165) is 25.1 Å². The van der Waals surface area contributed by atoms with E-state index in [1.807, 2.05) is 18.2 Å². The number of nitrogens with one attached hydrogen (secondary N) is 1. The quantitative estimate of drug-likeness (QED) is 0.887. The molecule has 2 aromatic rings. The van der Waals surface area contributed by atoms with Crippen molar-refractivity contribution in [2.24, 2.45) is 5.92 Å². The first kappa shape index (κ1) is 17.8. The van der Waals surface area contributed by atoms with E-state index < -0.39 is 0 Å². The largest absolute Gasteiger partial charge is 0.350 e. The highest BCUT2D eigenvalue weighted by Gasteiger charge is 2.26. The zero-order chi connectivity index (χ0) is 17.6. The van der Waals surface area contributed by atoms with Gasteiger partial charge in [-0.1, -0.05) is 23.7 Å². The molecule has 0 aliphatic carbocycles. The van der Waals surface area contributed by atoms with Crippen LogP contribution in [0.2, 0.25) is 5.02 Å². The van der Waals surface area contributed by atoms with E-state index >= 15 is 0 Å². The molecule has 0 bridgehead atoms. The van der Waals surface area contributed by atoms with E-state index in [-0.39, 0.29) is 17.6 Å². The molecule has 1 atom stereocenters. The van der Waals surface area contributed by atoms with Gasteiger partial charge in [0.05, 0.1) is 18.2 Å². The first-order chi connectivity index (χ1) is 12.1. The summed E-state index contributed by atoms with van der Waals surface area (Å²) in [5.74, 6) is -0.368. The van der Waals surface area contributed by atoms with Crippen LogP contribution in [0.3, 0.4) is 0 Å². The average Bonchev–Trinajstić information content (AvgIpc) is 2.64. The predicted octanol–water partition coefficient (Wildman–Crippen LogP) is 3.40. The third-order valence-corrected chi connectivity index (χ3v) is 4.84. The molecule has 1 N–H and O–H groups in total. The summed E-state index contributed by atoms with van der Waals surface area (Å²) in [4.78, 5) is 18.7. The number of halogens is 2. The molecule has 1 amide bonds. The molecule has 1 aliphatic rings. The van der Waals surface area contributed by atoms with Crippen molar-refractivity contribution in [1.82, 2.24) is 15.2 Å². The Morgan fingerprint density at radius 2 is 2.20 bits per heavy atom. The van der Waals surface area contributed by atoms with Gasteiger partial charge in [0.25, 0.3) is 0 Å². The Balaban J connectivity index is 1.56. The number of carbonyl (C=O) groups is 1. The topological polar surface area (TPSA) is 45.2 Å². The number of hydrogen-bond acceptors (Lipinski definition) is 3. The molecule has 0 spiro atoms. The lowest BCUT2D eigenvalue weighted by atomic mass is 9.96. The lowest BCUT2D eigenvalue weighted by Gasteiger charge is -2.32. The smallest absolute Gasteiger partial charge is 0.224 e. The van der Waals surface area contributed by atoms with Crippen LogP contribution >= 0.6 is 11.6 Å². The fraction of sp³-hybridized carbons (Fsp3) is 0.368. The van der Waals surface area contributed by atoms with Crippen molar-refractivity contribution in [3.8, 4) is 0 Å². The van der Waals surface area contributed by atoms with Gasteiger partial charge in [0.2, 0.25) is 5.91 Å². The van der Waals surface area contributed by atoms with Crippen LogP contribution in [-0.2, 0) is 17.9 Å². The van der Waals surface area contributed by atoms with Gasteiger partial charge in [0, 0.05) is 29.9 Å². The Morgan fingerprint density at radius 1 is 1.32 bits per heavy atom. The molecule has 1 unspecified atom stereocenters. The molecule has 3 rings (SSSR count). The molecule has 25 heavy (non-hydrogen) atoms. The van der Waals surface area contributed by atoms with Crippen LogP contribution in [0, 0.1) is 11.7 Å². The molecule has 4 nitrogen and oxygen atoms in total. The van der Waals surface area contributed by atoms with Crippen molar-refractivity contribution in [2.75, 3.05) is 13.1 Å². The molecule has 2 heterocycles. The third-order valence-electron chi connectivity index (χ3n) is 4.49. The van der Waals surface area contributed by atoms with E-state index in [9.17, 15) is 9.18 Å². The van der Waals surface area contributed by atoms with Gasteiger partial charge >= 0.3 is 0 Å². The second-order valence-corrected chi connectivity index (χ2v) is 6.72. The normalized spacial score (nSPS) is 18.1. The summed E-state index contributed by atoms with van der Waals surface area (Å²) in [6, 6.07) is 10.3. The number of pyridine rings is 1. The summed E-state index contributed by atoms with van der Waals surface area (Å²) in [6.45, 7) is 2.30. The van der Waals surface area contributed by atoms with E-state index in [2.05, 4.69) is 15.2 Å². The first-order valence-corrected chi connectivity index (χ1v) is 8.84. The standard InChI is InChI=1S/C19H21ClFN3O/c20-17-7-3-8-18(21)16(17)13-24-10-4-5-14(12-24)19(25)23-11-15-6-1-2-9-22-15/h1-3,6-9,14H,4-5,10-13H2,(H,23,25). The first-order valence-electron chi connectivity index (χ1n) is 8.46. The fourth-order valence-corrected chi connectivity index (χ4v) is 3.37. The maximum absolute atomic E-state index is 14.0. The average molecular weight is 362 g/mol. The van der Waals surface area contributed by atoms with Crippen molar-refractivity contribution in [2.45, 2.75) is 25.9 Å². The molecule has 132 valence electrons. The van der Waals surface area contributed by atoms with Gasteiger partial charge < -0.3 is 5.32 Å². The van der Waals surface area contributed by atoms with Crippen LogP contribution in [0.4, 0.5) is 4.39 Å². The van der Waals surface area contributed by atoms with E-state index in [4.69, 9.17) is 11.6 Å². The highest BCUT2D eigenvalue weighted by molar-refractivity contribution is 6.31. The van der Waals surface area contributed by atoms with Gasteiger partial charge in [-0.05, 0) is 43.7 Å². The van der Waals surface area contributed by atoms with E-state index in [1.54, 1.807) is 18.3 Å². The Kier molecular flexibility index (Phi) is 6.00. The number of piperidine rings is 1. The molecule has 1 saturated heterocycles. The zero-order valence-electron chi connectivity index (χ0n) is 13.9. The Labute approximate surface area is 152 Å². The zero-order valence-corrected chi connectivity index (χ0v) is 14.7. The number of carbonyl (C=O) groups excluding carboxylic acids is 1. The minimum atomic E-state index is -0.297. The van der Waals surface area contributed by atoms with Crippen molar-refractivity contribution in [1.29, 1.82) is 0 Å². The van der Waals surface area contributed by atoms with Crippen molar-refractivity contribution < 1.29 is 9.18 Å². The van der Waals surface area contributed by atoms with Gasteiger partial charge in [0.1, 0.15) is 5.82 Å². The summed E-state index contributed by atoms with van der Waals surface area (Å²) in [7, 11) is 0. The lowest BCUT2D eigenvalue weighted by Crippen LogP contribution is -2.42. The fourth-order valence-electron chi connectivity index (χ4n) is 3.14. The maximum atomic E-state index is 14.0. The Hall–Kier alpha value is -1.98. The van der Waals surface area contributed by atoms with Crippen molar-refractivity contribution >= 4 is 17.5 Å². The van der Waals surface area contributed by atoms with Crippen LogP contribution in [-0.4, -0.2) is 28.9 Å². The Morgan fingerprint density at radius 3 is 2.96 bits per heavy atom. The molecular weight excluding hydrogens is 341 g/mol. The van der Waals surface area contributed by atoms with Crippen molar-refractivity contribution in [3.63, 3.8) is 0 Å². The highest BCUT2D eigenvalue weighted by Crippen LogP contribution is 2.24. The molecule has 1 aromatic heterocycles. The molecule has 6 heteroatoms. The Bertz CT molecular complexity index is 706. The second-order valence-electron chi connectivity index (χ2n) is 6.31. The van der Waals surface area contributed by atoms with Gasteiger partial charge in [-0.3, -0.25) is 14.7 Å². The number of hydrogen-bond donors (Lipinski definition) is 1. The number of amides is 1. The molecule has 0 saturated carbocycles. The molecular formula is C19H21ClFN3O. The minimum absolute atomic E-state index is 0.0231. The third kappa shape index (κ3) is 4.77. The van der Waals surface area contributed by atoms with Crippen LogP contribution in [0.25, 0.3) is 0 Å². The highest BCUT2D eigenvalue weighted by atomic mass is 35.5. The van der Waals surface area contributed by atoms with Gasteiger partial charge in [-0.2, -0.15) is 0 Å². The number of likely N-dealkylation sites (tertiary alicyclic amines) is 1. The molecule has 0 radical (unpaired) electrons. The van der Waals surface area contributed by atoms with Gasteiger partial charge in [-0.25, -0.2) is 4.39 Å². The van der Waals surface area contributed by atoms with E-state index in [1.165, 1.54) is 6.07 Å². The molecule has 1 aromatic carbocycles. The number of benzene rings is 1. The number of nitrogens with zero attached hydrogens (tertiary/aromatic N) is 2. The molecule has 1 aliphatic heterocycles. The summed E-state index contributed by atoms with van der Waals surface area (Å²) in [6.07, 6.45) is 3.46. The summed E-state index contributed by atoms with van der Waals surface area (Å²) >= 11 is 6.11. The van der Waals surface area contributed by atoms with Gasteiger partial charge in [-0.15, -0.1) is 0 Å². The minimum Gasteiger partial charge on any atom is -0.350 e. The molecule has 1 fully saturated rings. The van der Waals surface area contributed by atoms with E-state index in [0.29, 0.717) is 30.2 Å². The summed E-state index contributed by atoms with van der Waals surface area (Å²) < 4.78 is 14.0. The number of aromatic nitrogens is 1. The lowest BCUT2D eigenvalue weighted by molar-refractivity contribution is -0.127. The predicted molar refractivity (Wildman–Crippen MR) is 95.5 cm³/mol. The van der Waals surface area contributed by atoms with Crippen LogP contribution in [0.5, 0.6) is 0 Å². The summed E-state index contributed by atoms with van der Waals surface area (Å²) in [5.41, 5.74) is 1.33. The van der Waals surface area contributed by atoms with Gasteiger partial charge in [0.15, 0.2) is 0 Å². The monoisotopic (exact) mass is 361 g/mol. The SMILES string of the molecule is O=C(NCc1ccccn1)C1CCCN(Cc2c(F)cccc2Cl)C1.